The van der Waals surface area contributed by atoms with Crippen LogP contribution in [0, 0.1) is 0 Å². The Morgan fingerprint density at radius 1 is 1.06 bits per heavy atom. The minimum atomic E-state index is -0.208. The molecule has 1 aliphatic heterocycles. The van der Waals surface area contributed by atoms with Gasteiger partial charge in [0.1, 0.15) is 0 Å². The molecule has 174 valence electrons. The quantitative estimate of drug-likeness (QED) is 0.397. The first-order valence-corrected chi connectivity index (χ1v) is 11.9. The molecule has 1 saturated heterocycles. The Kier molecular flexibility index (Phi) is 8.23. The number of thiazole rings is 1. The van der Waals surface area contributed by atoms with Crippen molar-refractivity contribution in [3.63, 3.8) is 0 Å². The number of carbonyl (C=O) groups excluding carboxylic acids is 3. The van der Waals surface area contributed by atoms with Gasteiger partial charge < -0.3 is 4.90 Å². The molecule has 0 unspecified atom stereocenters. The SMILES string of the molecule is CN(C)CCCN(C(=O)c1ccc(N2C(=O)CCC2=O)cc1)c1nc2ccc(Br)cc2s1.Cl. The van der Waals surface area contributed by atoms with E-state index in [0.29, 0.717) is 22.9 Å². The first-order chi connectivity index (χ1) is 15.3. The number of hydrogen-bond donors (Lipinski definition) is 0. The fourth-order valence-electron chi connectivity index (χ4n) is 3.60. The number of rotatable bonds is 7. The van der Waals surface area contributed by atoms with Gasteiger partial charge in [-0.05, 0) is 69.5 Å². The van der Waals surface area contributed by atoms with Crippen molar-refractivity contribution in [1.82, 2.24) is 9.88 Å². The predicted molar refractivity (Wildman–Crippen MR) is 138 cm³/mol. The minimum absolute atomic E-state index is 0. The van der Waals surface area contributed by atoms with Gasteiger partial charge in [0.15, 0.2) is 5.13 Å². The average Bonchev–Trinajstić information content (AvgIpc) is 3.32. The third-order valence-electron chi connectivity index (χ3n) is 5.23. The van der Waals surface area contributed by atoms with Gasteiger partial charge in [-0.15, -0.1) is 12.4 Å². The summed E-state index contributed by atoms with van der Waals surface area (Å²) in [4.78, 5) is 47.1. The number of anilines is 2. The molecule has 0 spiro atoms. The van der Waals surface area contributed by atoms with Crippen molar-refractivity contribution in [2.24, 2.45) is 0 Å². The summed E-state index contributed by atoms with van der Waals surface area (Å²) >= 11 is 4.96. The van der Waals surface area contributed by atoms with Crippen LogP contribution in [0.5, 0.6) is 0 Å². The van der Waals surface area contributed by atoms with Gasteiger partial charge in [-0.2, -0.15) is 0 Å². The maximum Gasteiger partial charge on any atom is 0.260 e. The van der Waals surface area contributed by atoms with Gasteiger partial charge in [-0.25, -0.2) is 4.98 Å². The average molecular weight is 552 g/mol. The normalized spacial score (nSPS) is 13.6. The maximum absolute atomic E-state index is 13.4. The van der Waals surface area contributed by atoms with E-state index in [-0.39, 0.29) is 43.0 Å². The lowest BCUT2D eigenvalue weighted by Crippen LogP contribution is -2.33. The Morgan fingerprint density at radius 3 is 2.36 bits per heavy atom. The van der Waals surface area contributed by atoms with Crippen molar-refractivity contribution < 1.29 is 14.4 Å². The molecule has 1 aromatic heterocycles. The van der Waals surface area contributed by atoms with E-state index in [1.807, 2.05) is 32.3 Å². The second-order valence-electron chi connectivity index (χ2n) is 7.89. The molecule has 4 rings (SSSR count). The van der Waals surface area contributed by atoms with E-state index in [1.54, 1.807) is 29.2 Å². The van der Waals surface area contributed by atoms with Crippen molar-refractivity contribution >= 4 is 78.4 Å². The number of nitrogens with zero attached hydrogens (tertiary/aromatic N) is 4. The molecule has 1 fully saturated rings. The lowest BCUT2D eigenvalue weighted by molar-refractivity contribution is -0.121. The van der Waals surface area contributed by atoms with Crippen LogP contribution in [0.15, 0.2) is 46.9 Å². The second kappa shape index (κ2) is 10.7. The topological polar surface area (TPSA) is 73.8 Å². The van der Waals surface area contributed by atoms with Crippen LogP contribution in [0.4, 0.5) is 10.8 Å². The van der Waals surface area contributed by atoms with Crippen LogP contribution in [0.3, 0.4) is 0 Å². The van der Waals surface area contributed by atoms with Crippen LogP contribution in [0.25, 0.3) is 10.2 Å². The number of hydrogen-bond acceptors (Lipinski definition) is 6. The number of benzene rings is 2. The Bertz CT molecular complexity index is 1170. The lowest BCUT2D eigenvalue weighted by atomic mass is 10.1. The standard InChI is InChI=1S/C23H23BrN4O3S.ClH/c1-26(2)12-3-13-27(23-25-18-9-6-16(24)14-19(18)32-23)22(31)15-4-7-17(8-5-15)28-20(29)10-11-21(28)30;/h4-9,14H,3,10-13H2,1-2H3;1H. The maximum atomic E-state index is 13.4. The molecule has 3 amide bonds. The molecule has 7 nitrogen and oxygen atoms in total. The summed E-state index contributed by atoms with van der Waals surface area (Å²) in [7, 11) is 4.00. The molecule has 10 heteroatoms. The molecule has 0 saturated carbocycles. The summed E-state index contributed by atoms with van der Waals surface area (Å²) in [5, 5.41) is 0.649. The third-order valence-corrected chi connectivity index (χ3v) is 6.76. The van der Waals surface area contributed by atoms with E-state index in [9.17, 15) is 14.4 Å². The van der Waals surface area contributed by atoms with Gasteiger partial charge in [0.25, 0.3) is 5.91 Å². The summed E-state index contributed by atoms with van der Waals surface area (Å²) in [6.07, 6.45) is 1.26. The van der Waals surface area contributed by atoms with Crippen molar-refractivity contribution in [2.45, 2.75) is 19.3 Å². The Balaban J connectivity index is 0.00000306. The smallest absolute Gasteiger partial charge is 0.260 e. The first kappa shape index (κ1) is 25.3. The van der Waals surface area contributed by atoms with Crippen molar-refractivity contribution in [3.8, 4) is 0 Å². The minimum Gasteiger partial charge on any atom is -0.309 e. The highest BCUT2D eigenvalue weighted by atomic mass is 79.9. The number of imide groups is 1. The van der Waals surface area contributed by atoms with E-state index in [1.165, 1.54) is 16.2 Å². The molecule has 1 aliphatic rings. The van der Waals surface area contributed by atoms with E-state index < -0.39 is 0 Å². The van der Waals surface area contributed by atoms with Gasteiger partial charge >= 0.3 is 0 Å². The molecular weight excluding hydrogens is 528 g/mol. The molecule has 0 atom stereocenters. The van der Waals surface area contributed by atoms with Crippen LogP contribution < -0.4 is 9.80 Å². The monoisotopic (exact) mass is 550 g/mol. The summed E-state index contributed by atoms with van der Waals surface area (Å²) < 4.78 is 1.97. The molecule has 0 N–H and O–H groups in total. The largest absolute Gasteiger partial charge is 0.309 e. The number of halogens is 2. The zero-order valence-electron chi connectivity index (χ0n) is 18.3. The molecule has 0 aliphatic carbocycles. The Morgan fingerprint density at radius 2 is 1.73 bits per heavy atom. The summed E-state index contributed by atoms with van der Waals surface area (Å²) in [6.45, 7) is 1.38. The Hall–Kier alpha value is -2.33. The van der Waals surface area contributed by atoms with Crippen LogP contribution >= 0.6 is 39.7 Å². The first-order valence-electron chi connectivity index (χ1n) is 10.3. The van der Waals surface area contributed by atoms with Crippen LogP contribution in [-0.4, -0.2) is 54.8 Å². The summed E-state index contributed by atoms with van der Waals surface area (Å²) in [5.41, 5.74) is 1.83. The molecule has 3 aromatic rings. The zero-order valence-corrected chi connectivity index (χ0v) is 21.5. The van der Waals surface area contributed by atoms with Crippen LogP contribution in [0.2, 0.25) is 0 Å². The Labute approximate surface area is 210 Å². The van der Waals surface area contributed by atoms with Crippen LogP contribution in [0.1, 0.15) is 29.6 Å². The fourth-order valence-corrected chi connectivity index (χ4v) is 5.15. The van der Waals surface area contributed by atoms with Gasteiger partial charge in [0.05, 0.1) is 15.9 Å². The fraction of sp³-hybridized carbons (Fsp3) is 0.304. The highest BCUT2D eigenvalue weighted by Crippen LogP contribution is 2.32. The third kappa shape index (κ3) is 5.60. The van der Waals surface area contributed by atoms with Crippen molar-refractivity contribution in [3.05, 3.63) is 52.5 Å². The van der Waals surface area contributed by atoms with Gasteiger partial charge in [-0.1, -0.05) is 27.3 Å². The highest BCUT2D eigenvalue weighted by molar-refractivity contribution is 9.10. The van der Waals surface area contributed by atoms with Gasteiger partial charge in [0.2, 0.25) is 11.8 Å². The lowest BCUT2D eigenvalue weighted by Gasteiger charge is -2.21. The van der Waals surface area contributed by atoms with E-state index >= 15 is 0 Å². The second-order valence-corrected chi connectivity index (χ2v) is 9.82. The number of carbonyl (C=O) groups is 3. The molecule has 2 heterocycles. The molecule has 0 bridgehead atoms. The molecule has 33 heavy (non-hydrogen) atoms. The molecule has 0 radical (unpaired) electrons. The highest BCUT2D eigenvalue weighted by Gasteiger charge is 2.30. The zero-order chi connectivity index (χ0) is 22.8. The summed E-state index contributed by atoms with van der Waals surface area (Å²) in [6, 6.07) is 12.5. The van der Waals surface area contributed by atoms with E-state index in [0.717, 1.165) is 27.7 Å². The molecular formula is C23H24BrClN4O3S. The predicted octanol–water partition coefficient (Wildman–Crippen LogP) is 4.73. The number of amides is 3. The van der Waals surface area contributed by atoms with Crippen molar-refractivity contribution in [2.75, 3.05) is 37.0 Å². The van der Waals surface area contributed by atoms with E-state index in [2.05, 4.69) is 20.8 Å². The number of aromatic nitrogens is 1. The summed E-state index contributed by atoms with van der Waals surface area (Å²) in [5.74, 6) is -0.576. The van der Waals surface area contributed by atoms with Gasteiger partial charge in [-0.3, -0.25) is 24.2 Å². The number of fused-ring (bicyclic) bond motifs is 1. The van der Waals surface area contributed by atoms with Gasteiger partial charge in [0, 0.05) is 29.4 Å². The van der Waals surface area contributed by atoms with E-state index in [4.69, 9.17) is 4.98 Å². The molecule has 2 aromatic carbocycles. The van der Waals surface area contributed by atoms with Crippen molar-refractivity contribution in [1.29, 1.82) is 0 Å². The van der Waals surface area contributed by atoms with Crippen LogP contribution in [-0.2, 0) is 9.59 Å².